The molecule has 2 unspecified atom stereocenters. The summed E-state index contributed by atoms with van der Waals surface area (Å²) in [6.45, 7) is 3.15. The number of nitrogens with two attached hydrogens (primary N) is 1. The molecule has 0 heterocycles. The van der Waals surface area contributed by atoms with Crippen molar-refractivity contribution in [2.24, 2.45) is 11.1 Å². The number of alkyl halides is 3. The van der Waals surface area contributed by atoms with Gasteiger partial charge < -0.3 is 5.73 Å². The van der Waals surface area contributed by atoms with E-state index in [-0.39, 0.29) is 17.5 Å². The van der Waals surface area contributed by atoms with E-state index >= 15 is 0 Å². The lowest BCUT2D eigenvalue weighted by atomic mass is 9.87. The van der Waals surface area contributed by atoms with Gasteiger partial charge in [-0.25, -0.2) is 0 Å². The predicted octanol–water partition coefficient (Wildman–Crippen LogP) is 2.00. The van der Waals surface area contributed by atoms with E-state index in [1.54, 1.807) is 0 Å². The molecule has 90 valence electrons. The van der Waals surface area contributed by atoms with Crippen LogP contribution in [0.15, 0.2) is 0 Å². The first-order valence-electron chi connectivity index (χ1n) is 5.16. The summed E-state index contributed by atoms with van der Waals surface area (Å²) in [5.41, 5.74) is 5.92. The molecule has 15 heavy (non-hydrogen) atoms. The van der Waals surface area contributed by atoms with Gasteiger partial charge in [-0.2, -0.15) is 13.2 Å². The number of rotatable bonds is 2. The molecule has 1 saturated carbocycles. The molecule has 2 N–H and O–H groups in total. The summed E-state index contributed by atoms with van der Waals surface area (Å²) in [5.74, 6) is 0. The molecule has 2 atom stereocenters. The van der Waals surface area contributed by atoms with Crippen molar-refractivity contribution in [1.29, 1.82) is 0 Å². The Morgan fingerprint density at radius 2 is 1.93 bits per heavy atom. The molecule has 1 aliphatic rings. The maximum Gasteiger partial charge on any atom is 0.401 e. The van der Waals surface area contributed by atoms with Crippen LogP contribution >= 0.6 is 0 Å². The highest BCUT2D eigenvalue weighted by molar-refractivity contribution is 4.98. The Hall–Kier alpha value is -0.290. The summed E-state index contributed by atoms with van der Waals surface area (Å²) in [7, 11) is 1.50. The van der Waals surface area contributed by atoms with Crippen LogP contribution in [0, 0.1) is 5.41 Å². The van der Waals surface area contributed by atoms with Crippen molar-refractivity contribution in [2.45, 2.75) is 44.9 Å². The fourth-order valence-corrected chi connectivity index (χ4v) is 2.28. The normalized spacial score (nSPS) is 31.2. The van der Waals surface area contributed by atoms with E-state index in [0.29, 0.717) is 0 Å². The zero-order valence-corrected chi connectivity index (χ0v) is 9.43. The van der Waals surface area contributed by atoms with Gasteiger partial charge in [0.05, 0.1) is 6.54 Å². The minimum Gasteiger partial charge on any atom is -0.326 e. The molecule has 1 fully saturated rings. The highest BCUT2D eigenvalue weighted by atomic mass is 19.4. The second kappa shape index (κ2) is 3.94. The Morgan fingerprint density at radius 3 is 2.27 bits per heavy atom. The lowest BCUT2D eigenvalue weighted by Crippen LogP contribution is -2.50. The number of likely N-dealkylation sites (N-methyl/N-ethyl adjacent to an activating group) is 1. The van der Waals surface area contributed by atoms with Crippen LogP contribution in [-0.4, -0.2) is 36.8 Å². The Kier molecular flexibility index (Phi) is 3.36. The molecule has 2 nitrogen and oxygen atoms in total. The predicted molar refractivity (Wildman–Crippen MR) is 53.5 cm³/mol. The average molecular weight is 224 g/mol. The molecule has 1 rings (SSSR count). The number of hydrogen-bond acceptors (Lipinski definition) is 2. The minimum absolute atomic E-state index is 0.0511. The smallest absolute Gasteiger partial charge is 0.326 e. The lowest BCUT2D eigenvalue weighted by Gasteiger charge is -2.32. The quantitative estimate of drug-likeness (QED) is 0.777. The van der Waals surface area contributed by atoms with E-state index in [9.17, 15) is 13.2 Å². The van der Waals surface area contributed by atoms with Gasteiger partial charge in [0.1, 0.15) is 0 Å². The van der Waals surface area contributed by atoms with Gasteiger partial charge in [-0.1, -0.05) is 13.8 Å². The fraction of sp³-hybridized carbons (Fsp3) is 1.00. The van der Waals surface area contributed by atoms with Gasteiger partial charge in [0.15, 0.2) is 0 Å². The Bertz CT molecular complexity index is 225. The van der Waals surface area contributed by atoms with Crippen molar-refractivity contribution >= 4 is 0 Å². The SMILES string of the molecule is CN(CC(F)(F)F)C1CCC(C)(C)C1N. The van der Waals surface area contributed by atoms with Gasteiger partial charge in [-0.05, 0) is 25.3 Å². The first kappa shape index (κ1) is 12.8. The second-order valence-electron chi connectivity index (χ2n) is 5.15. The third-order valence-electron chi connectivity index (χ3n) is 3.40. The van der Waals surface area contributed by atoms with Gasteiger partial charge in [0.25, 0.3) is 0 Å². The molecule has 0 aliphatic heterocycles. The second-order valence-corrected chi connectivity index (χ2v) is 5.15. The van der Waals surface area contributed by atoms with Crippen molar-refractivity contribution in [3.05, 3.63) is 0 Å². The van der Waals surface area contributed by atoms with Gasteiger partial charge in [0.2, 0.25) is 0 Å². The van der Waals surface area contributed by atoms with Crippen LogP contribution in [0.25, 0.3) is 0 Å². The summed E-state index contributed by atoms with van der Waals surface area (Å²) in [6.07, 6.45) is -2.50. The van der Waals surface area contributed by atoms with E-state index < -0.39 is 12.7 Å². The summed E-state index contributed by atoms with van der Waals surface area (Å²) >= 11 is 0. The van der Waals surface area contributed by atoms with Crippen molar-refractivity contribution in [1.82, 2.24) is 4.90 Å². The zero-order valence-electron chi connectivity index (χ0n) is 9.43. The summed E-state index contributed by atoms with van der Waals surface area (Å²) < 4.78 is 36.6. The summed E-state index contributed by atoms with van der Waals surface area (Å²) in [4.78, 5) is 1.33. The minimum atomic E-state index is -4.14. The zero-order chi connectivity index (χ0) is 11.9. The van der Waals surface area contributed by atoms with Crippen LogP contribution in [-0.2, 0) is 0 Å². The highest BCUT2D eigenvalue weighted by Gasteiger charge is 2.43. The molecule has 0 radical (unpaired) electrons. The Balaban J connectivity index is 2.59. The van der Waals surface area contributed by atoms with Crippen molar-refractivity contribution in [3.63, 3.8) is 0 Å². The molecule has 0 aromatic heterocycles. The van der Waals surface area contributed by atoms with E-state index in [1.807, 2.05) is 13.8 Å². The van der Waals surface area contributed by atoms with E-state index in [2.05, 4.69) is 0 Å². The molecule has 0 bridgehead atoms. The van der Waals surface area contributed by atoms with Crippen molar-refractivity contribution in [2.75, 3.05) is 13.6 Å². The Morgan fingerprint density at radius 1 is 1.40 bits per heavy atom. The molecule has 0 aromatic carbocycles. The van der Waals surface area contributed by atoms with Crippen LogP contribution in [0.5, 0.6) is 0 Å². The standard InChI is InChI=1S/C10H19F3N2/c1-9(2)5-4-7(8(9)14)15(3)6-10(11,12)13/h7-8H,4-6,14H2,1-3H3. The maximum atomic E-state index is 12.2. The van der Waals surface area contributed by atoms with Crippen LogP contribution in [0.2, 0.25) is 0 Å². The van der Waals surface area contributed by atoms with E-state index in [0.717, 1.165) is 12.8 Å². The summed E-state index contributed by atoms with van der Waals surface area (Å²) in [6, 6.07) is -0.327. The monoisotopic (exact) mass is 224 g/mol. The van der Waals surface area contributed by atoms with Crippen LogP contribution in [0.1, 0.15) is 26.7 Å². The third-order valence-corrected chi connectivity index (χ3v) is 3.40. The molecule has 1 aliphatic carbocycles. The number of halogens is 3. The average Bonchev–Trinajstić information content (AvgIpc) is 2.24. The summed E-state index contributed by atoms with van der Waals surface area (Å²) in [5, 5.41) is 0. The van der Waals surface area contributed by atoms with Crippen molar-refractivity contribution < 1.29 is 13.2 Å². The number of hydrogen-bond donors (Lipinski definition) is 1. The van der Waals surface area contributed by atoms with Gasteiger partial charge in [0, 0.05) is 12.1 Å². The van der Waals surface area contributed by atoms with Crippen LogP contribution < -0.4 is 5.73 Å². The van der Waals surface area contributed by atoms with E-state index in [1.165, 1.54) is 11.9 Å². The topological polar surface area (TPSA) is 29.3 Å². The van der Waals surface area contributed by atoms with Gasteiger partial charge in [-0.15, -0.1) is 0 Å². The van der Waals surface area contributed by atoms with Gasteiger partial charge >= 0.3 is 6.18 Å². The maximum absolute atomic E-state index is 12.2. The lowest BCUT2D eigenvalue weighted by molar-refractivity contribution is -0.148. The number of nitrogens with zero attached hydrogens (tertiary/aromatic N) is 1. The van der Waals surface area contributed by atoms with Crippen LogP contribution in [0.4, 0.5) is 13.2 Å². The van der Waals surface area contributed by atoms with Crippen molar-refractivity contribution in [3.8, 4) is 0 Å². The third kappa shape index (κ3) is 3.08. The van der Waals surface area contributed by atoms with E-state index in [4.69, 9.17) is 5.73 Å². The molecule has 0 saturated heterocycles. The molecule has 0 aromatic rings. The van der Waals surface area contributed by atoms with Crippen LogP contribution in [0.3, 0.4) is 0 Å². The Labute approximate surface area is 88.6 Å². The first-order valence-corrected chi connectivity index (χ1v) is 5.16. The molecular formula is C10H19F3N2. The molecule has 0 spiro atoms. The molecule has 0 amide bonds. The molecular weight excluding hydrogens is 205 g/mol. The fourth-order valence-electron chi connectivity index (χ4n) is 2.28. The first-order chi connectivity index (χ1) is 6.63. The highest BCUT2D eigenvalue weighted by Crippen LogP contribution is 2.38. The molecule has 5 heteroatoms. The largest absolute Gasteiger partial charge is 0.401 e. The van der Waals surface area contributed by atoms with Gasteiger partial charge in [-0.3, -0.25) is 4.90 Å².